The molecule has 0 saturated carbocycles. The highest BCUT2D eigenvalue weighted by Crippen LogP contribution is 2.33. The van der Waals surface area contributed by atoms with Crippen LogP contribution in [-0.2, 0) is 13.8 Å². The van der Waals surface area contributed by atoms with E-state index in [0.29, 0.717) is 18.7 Å². The Labute approximate surface area is 123 Å². The molecule has 0 bridgehead atoms. The lowest BCUT2D eigenvalue weighted by molar-refractivity contribution is -0.385. The lowest BCUT2D eigenvalue weighted by Gasteiger charge is -2.10. The fourth-order valence-electron chi connectivity index (χ4n) is 1.37. The number of ether oxygens (including phenoxy) is 1. The molecule has 0 aliphatic carbocycles. The monoisotopic (exact) mass is 340 g/mol. The fourth-order valence-corrected chi connectivity index (χ4v) is 2.35. The van der Waals surface area contributed by atoms with Crippen LogP contribution >= 0.6 is 10.7 Å². The van der Waals surface area contributed by atoms with Crippen molar-refractivity contribution in [2.45, 2.75) is 11.8 Å². The van der Waals surface area contributed by atoms with E-state index in [0.717, 1.165) is 0 Å². The molecule has 1 amide bonds. The van der Waals surface area contributed by atoms with Crippen molar-refractivity contribution in [3.63, 3.8) is 0 Å². The van der Waals surface area contributed by atoms with E-state index in [4.69, 9.17) is 15.4 Å². The Balaban J connectivity index is 3.24. The normalized spacial score (nSPS) is 11.0. The van der Waals surface area contributed by atoms with E-state index in [2.05, 4.69) is 5.32 Å². The van der Waals surface area contributed by atoms with E-state index in [9.17, 15) is 27.7 Å². The highest BCUT2D eigenvalue weighted by atomic mass is 35.7. The third-order valence-electron chi connectivity index (χ3n) is 2.19. The summed E-state index contributed by atoms with van der Waals surface area (Å²) in [6.45, 7) is 1.27. The average Bonchev–Trinajstić information content (AvgIpc) is 2.35. The number of amides is 1. The minimum Gasteiger partial charge on any atom is -0.479 e. The molecule has 0 fully saturated rings. The molecule has 0 aliphatic rings. The van der Waals surface area contributed by atoms with Crippen molar-refractivity contribution in [2.24, 2.45) is 0 Å². The quantitative estimate of drug-likeness (QED) is 0.472. The molecule has 0 heterocycles. The standard InChI is InChI=1S/C10H10ClFN2O6S/c1-2-13-9(15)5-20-10-7(12)3-6(14(16)17)4-8(10)21(11,18)19/h3-4H,2,5H2,1H3,(H,13,15). The average molecular weight is 341 g/mol. The Bertz CT molecular complexity index is 678. The number of benzene rings is 1. The van der Waals surface area contributed by atoms with Gasteiger partial charge in [0.05, 0.1) is 11.0 Å². The molecule has 0 aliphatic heterocycles. The van der Waals surface area contributed by atoms with Crippen LogP contribution in [0.5, 0.6) is 5.75 Å². The van der Waals surface area contributed by atoms with Crippen molar-refractivity contribution in [3.8, 4) is 5.75 Å². The maximum Gasteiger partial charge on any atom is 0.273 e. The summed E-state index contributed by atoms with van der Waals surface area (Å²) in [7, 11) is 0.590. The van der Waals surface area contributed by atoms with Crippen LogP contribution in [0.15, 0.2) is 17.0 Å². The summed E-state index contributed by atoms with van der Waals surface area (Å²) < 4.78 is 41.2. The largest absolute Gasteiger partial charge is 0.479 e. The van der Waals surface area contributed by atoms with Crippen molar-refractivity contribution in [1.82, 2.24) is 5.32 Å². The number of nitrogens with zero attached hydrogens (tertiary/aromatic N) is 1. The number of hydrogen-bond donors (Lipinski definition) is 1. The molecule has 1 aromatic rings. The van der Waals surface area contributed by atoms with Crippen LogP contribution in [0.1, 0.15) is 6.92 Å². The molecule has 21 heavy (non-hydrogen) atoms. The van der Waals surface area contributed by atoms with Gasteiger partial charge >= 0.3 is 0 Å². The molecule has 8 nitrogen and oxygen atoms in total. The van der Waals surface area contributed by atoms with E-state index < -0.39 is 48.6 Å². The zero-order valence-electron chi connectivity index (χ0n) is 10.6. The summed E-state index contributed by atoms with van der Waals surface area (Å²) in [5, 5.41) is 12.9. The van der Waals surface area contributed by atoms with Crippen molar-refractivity contribution in [2.75, 3.05) is 13.2 Å². The summed E-state index contributed by atoms with van der Waals surface area (Å²) in [5.74, 6) is -2.78. The number of hydrogen-bond acceptors (Lipinski definition) is 6. The fraction of sp³-hybridized carbons (Fsp3) is 0.300. The number of carbonyl (C=O) groups excluding carboxylic acids is 1. The van der Waals surface area contributed by atoms with Crippen molar-refractivity contribution >= 4 is 31.3 Å². The Kier molecular flexibility index (Phi) is 5.44. The summed E-state index contributed by atoms with van der Waals surface area (Å²) >= 11 is 0. The first-order chi connectivity index (χ1) is 9.66. The van der Waals surface area contributed by atoms with Crippen LogP contribution < -0.4 is 10.1 Å². The molecular weight excluding hydrogens is 331 g/mol. The van der Waals surface area contributed by atoms with Gasteiger partial charge in [-0.15, -0.1) is 0 Å². The van der Waals surface area contributed by atoms with E-state index >= 15 is 0 Å². The van der Waals surface area contributed by atoms with Gasteiger partial charge in [-0.1, -0.05) is 0 Å². The SMILES string of the molecule is CCNC(=O)COc1c(F)cc([N+](=O)[O-])cc1S(=O)(=O)Cl. The van der Waals surface area contributed by atoms with Crippen LogP contribution in [0, 0.1) is 15.9 Å². The number of nitrogens with one attached hydrogen (secondary N) is 1. The number of non-ortho nitro benzene ring substituents is 1. The van der Waals surface area contributed by atoms with Gasteiger partial charge in [-0.05, 0) is 6.92 Å². The van der Waals surface area contributed by atoms with Gasteiger partial charge < -0.3 is 10.1 Å². The van der Waals surface area contributed by atoms with Gasteiger partial charge in [0.15, 0.2) is 18.2 Å². The van der Waals surface area contributed by atoms with Gasteiger partial charge in [0.1, 0.15) is 4.90 Å². The second kappa shape index (κ2) is 6.68. The third-order valence-corrected chi connectivity index (χ3v) is 3.52. The number of likely N-dealkylation sites (N-methyl/N-ethyl adjacent to an activating group) is 1. The molecular formula is C10H10ClFN2O6S. The Morgan fingerprint density at radius 1 is 1.52 bits per heavy atom. The van der Waals surface area contributed by atoms with Crippen LogP contribution in [0.3, 0.4) is 0 Å². The molecule has 0 atom stereocenters. The van der Waals surface area contributed by atoms with Gasteiger partial charge in [-0.2, -0.15) is 0 Å². The van der Waals surface area contributed by atoms with E-state index in [1.165, 1.54) is 0 Å². The van der Waals surface area contributed by atoms with Crippen LogP contribution in [0.4, 0.5) is 10.1 Å². The van der Waals surface area contributed by atoms with Crippen LogP contribution in [0.2, 0.25) is 0 Å². The number of nitro groups is 1. The molecule has 0 unspecified atom stereocenters. The minimum absolute atomic E-state index is 0.297. The maximum atomic E-state index is 13.8. The highest BCUT2D eigenvalue weighted by Gasteiger charge is 2.26. The molecule has 1 aromatic carbocycles. The molecule has 0 radical (unpaired) electrons. The second-order valence-electron chi connectivity index (χ2n) is 3.69. The van der Waals surface area contributed by atoms with Gasteiger partial charge in [0.25, 0.3) is 20.6 Å². The summed E-state index contributed by atoms with van der Waals surface area (Å²) in [6, 6.07) is 1.02. The van der Waals surface area contributed by atoms with E-state index in [-0.39, 0.29) is 0 Å². The van der Waals surface area contributed by atoms with Gasteiger partial charge in [-0.25, -0.2) is 12.8 Å². The summed E-state index contributed by atoms with van der Waals surface area (Å²) in [6.07, 6.45) is 0. The van der Waals surface area contributed by atoms with Crippen molar-refractivity contribution in [1.29, 1.82) is 0 Å². The van der Waals surface area contributed by atoms with E-state index in [1.54, 1.807) is 6.92 Å². The second-order valence-corrected chi connectivity index (χ2v) is 6.23. The molecule has 1 rings (SSSR count). The number of nitro benzene ring substituents is 1. The molecule has 1 N–H and O–H groups in total. The van der Waals surface area contributed by atoms with Gasteiger partial charge in [0.2, 0.25) is 0 Å². The van der Waals surface area contributed by atoms with Crippen molar-refractivity contribution < 1.29 is 27.3 Å². The zero-order chi connectivity index (χ0) is 16.2. The summed E-state index contributed by atoms with van der Waals surface area (Å²) in [4.78, 5) is 19.9. The smallest absolute Gasteiger partial charge is 0.273 e. The first-order valence-corrected chi connectivity index (χ1v) is 7.79. The Hall–Kier alpha value is -1.94. The van der Waals surface area contributed by atoms with Crippen LogP contribution in [0.25, 0.3) is 0 Å². The first-order valence-electron chi connectivity index (χ1n) is 5.49. The number of halogens is 2. The lowest BCUT2D eigenvalue weighted by atomic mass is 10.3. The molecule has 11 heteroatoms. The molecule has 0 spiro atoms. The zero-order valence-corrected chi connectivity index (χ0v) is 12.2. The third kappa shape index (κ3) is 4.53. The topological polar surface area (TPSA) is 116 Å². The van der Waals surface area contributed by atoms with E-state index in [1.807, 2.05) is 0 Å². The van der Waals surface area contributed by atoms with Gasteiger partial charge in [0, 0.05) is 23.3 Å². The molecule has 116 valence electrons. The Morgan fingerprint density at radius 2 is 2.14 bits per heavy atom. The highest BCUT2D eigenvalue weighted by molar-refractivity contribution is 8.13. The molecule has 0 saturated heterocycles. The lowest BCUT2D eigenvalue weighted by Crippen LogP contribution is -2.28. The number of rotatable bonds is 6. The maximum absolute atomic E-state index is 13.8. The van der Waals surface area contributed by atoms with Crippen molar-refractivity contribution in [3.05, 3.63) is 28.1 Å². The Morgan fingerprint density at radius 3 is 2.62 bits per heavy atom. The van der Waals surface area contributed by atoms with Crippen LogP contribution in [-0.4, -0.2) is 32.4 Å². The van der Waals surface area contributed by atoms with Gasteiger partial charge in [-0.3, -0.25) is 14.9 Å². The molecule has 0 aromatic heterocycles. The first kappa shape index (κ1) is 17.1. The number of carbonyl (C=O) groups is 1. The predicted molar refractivity (Wildman–Crippen MR) is 70.3 cm³/mol. The summed E-state index contributed by atoms with van der Waals surface area (Å²) in [5.41, 5.74) is -0.808. The predicted octanol–water partition coefficient (Wildman–Crippen LogP) is 1.18. The minimum atomic E-state index is -4.50.